The van der Waals surface area contributed by atoms with Crippen LogP contribution in [0.2, 0.25) is 0 Å². The van der Waals surface area contributed by atoms with Gasteiger partial charge in [0, 0.05) is 12.0 Å². The van der Waals surface area contributed by atoms with Crippen LogP contribution in [0.25, 0.3) is 11.3 Å². The number of anilines is 1. The van der Waals surface area contributed by atoms with Crippen molar-refractivity contribution in [3.05, 3.63) is 59.7 Å². The van der Waals surface area contributed by atoms with Crippen molar-refractivity contribution >= 4 is 23.4 Å². The highest BCUT2D eigenvalue weighted by Gasteiger charge is 2.37. The fourth-order valence-electron chi connectivity index (χ4n) is 3.26. The van der Waals surface area contributed by atoms with Gasteiger partial charge in [-0.3, -0.25) is 9.69 Å². The number of hydrogen-bond donors (Lipinski definition) is 0. The first-order chi connectivity index (χ1) is 14.5. The average Bonchev–Trinajstić information content (AvgIpc) is 2.89. The Hall–Kier alpha value is -3.07. The number of nitrogens with zero attached hydrogens (tertiary/aromatic N) is 4. The average molecular weight is 428 g/mol. The molecule has 1 atom stereocenters. The molecule has 4 rings (SSSR count). The molecule has 3 aromatic rings. The molecule has 30 heavy (non-hydrogen) atoms. The Morgan fingerprint density at radius 2 is 1.93 bits per heavy atom. The number of thioether (sulfide) groups is 1. The van der Waals surface area contributed by atoms with E-state index in [1.165, 1.54) is 28.8 Å². The number of carbonyl (C=O) groups excluding carboxylic acids is 1. The van der Waals surface area contributed by atoms with Crippen LogP contribution in [-0.4, -0.2) is 26.8 Å². The van der Waals surface area contributed by atoms with Crippen LogP contribution in [0.3, 0.4) is 0 Å². The van der Waals surface area contributed by atoms with Crippen LogP contribution in [0.5, 0.6) is 5.88 Å². The minimum absolute atomic E-state index is 0.105. The summed E-state index contributed by atoms with van der Waals surface area (Å²) in [6, 6.07) is 10.8. The van der Waals surface area contributed by atoms with Gasteiger partial charge in [-0.15, -0.1) is 10.2 Å². The van der Waals surface area contributed by atoms with E-state index in [1.54, 1.807) is 31.2 Å². The van der Waals surface area contributed by atoms with Crippen LogP contribution in [0, 0.1) is 11.6 Å². The zero-order valence-corrected chi connectivity index (χ0v) is 17.1. The lowest BCUT2D eigenvalue weighted by molar-refractivity contribution is -0.120. The molecular formula is C21H18F2N4O2S. The van der Waals surface area contributed by atoms with Gasteiger partial charge in [0.05, 0.1) is 11.3 Å². The smallest absolute Gasteiger partial charge is 0.247 e. The normalized spacial score (nSPS) is 15.1. The third-order valence-corrected chi connectivity index (χ3v) is 5.32. The Morgan fingerprint density at radius 3 is 2.70 bits per heavy atom. The highest BCUT2D eigenvalue weighted by atomic mass is 32.2. The van der Waals surface area contributed by atoms with Crippen LogP contribution >= 0.6 is 11.8 Å². The van der Waals surface area contributed by atoms with E-state index in [0.29, 0.717) is 22.1 Å². The van der Waals surface area contributed by atoms with E-state index in [9.17, 15) is 13.6 Å². The van der Waals surface area contributed by atoms with Crippen molar-refractivity contribution < 1.29 is 18.3 Å². The SMILES string of the molecule is CCSc1nnc2c(n1)OC(c1cccc(F)c1F)N(C(=O)CC)c1ccccc1-2. The summed E-state index contributed by atoms with van der Waals surface area (Å²) in [6.45, 7) is 3.64. The van der Waals surface area contributed by atoms with Crippen molar-refractivity contribution in [3.8, 4) is 17.1 Å². The quantitative estimate of drug-likeness (QED) is 0.558. The molecule has 0 aliphatic carbocycles. The Labute approximate surface area is 176 Å². The number of rotatable bonds is 4. The van der Waals surface area contributed by atoms with Gasteiger partial charge < -0.3 is 4.74 Å². The topological polar surface area (TPSA) is 68.2 Å². The molecule has 1 aromatic heterocycles. The molecular weight excluding hydrogens is 410 g/mol. The van der Waals surface area contributed by atoms with Gasteiger partial charge in [0.25, 0.3) is 0 Å². The molecule has 2 heterocycles. The lowest BCUT2D eigenvalue weighted by Gasteiger charge is -2.30. The third kappa shape index (κ3) is 3.49. The van der Waals surface area contributed by atoms with Crippen molar-refractivity contribution in [1.29, 1.82) is 0 Å². The van der Waals surface area contributed by atoms with E-state index in [-0.39, 0.29) is 23.8 Å². The predicted molar refractivity (Wildman–Crippen MR) is 109 cm³/mol. The molecule has 9 heteroatoms. The van der Waals surface area contributed by atoms with Crippen LogP contribution in [0.4, 0.5) is 14.5 Å². The lowest BCUT2D eigenvalue weighted by atomic mass is 10.1. The van der Waals surface area contributed by atoms with Crippen LogP contribution in [0.1, 0.15) is 32.1 Å². The molecule has 6 nitrogen and oxygen atoms in total. The molecule has 0 fully saturated rings. The molecule has 0 saturated carbocycles. The molecule has 1 aliphatic heterocycles. The molecule has 1 unspecified atom stereocenters. The zero-order chi connectivity index (χ0) is 21.3. The number of ether oxygens (including phenoxy) is 1. The second kappa shape index (κ2) is 8.35. The fourth-order valence-corrected chi connectivity index (χ4v) is 3.76. The maximum atomic E-state index is 14.8. The van der Waals surface area contributed by atoms with Gasteiger partial charge in [-0.1, -0.05) is 55.9 Å². The second-order valence-electron chi connectivity index (χ2n) is 6.43. The molecule has 0 radical (unpaired) electrons. The molecule has 0 bridgehead atoms. The summed E-state index contributed by atoms with van der Waals surface area (Å²) in [7, 11) is 0. The van der Waals surface area contributed by atoms with E-state index >= 15 is 0 Å². The van der Waals surface area contributed by atoms with Crippen LogP contribution in [0.15, 0.2) is 47.6 Å². The molecule has 1 aliphatic rings. The van der Waals surface area contributed by atoms with Crippen LogP contribution < -0.4 is 9.64 Å². The number of para-hydroxylation sites is 1. The number of hydrogen-bond acceptors (Lipinski definition) is 6. The summed E-state index contributed by atoms with van der Waals surface area (Å²) in [6.07, 6.45) is -1.12. The number of aromatic nitrogens is 3. The van der Waals surface area contributed by atoms with Gasteiger partial charge in [-0.25, -0.2) is 8.78 Å². The highest BCUT2D eigenvalue weighted by molar-refractivity contribution is 7.99. The fraction of sp³-hybridized carbons (Fsp3) is 0.238. The summed E-state index contributed by atoms with van der Waals surface area (Å²) in [4.78, 5) is 18.7. The van der Waals surface area contributed by atoms with E-state index in [2.05, 4.69) is 15.2 Å². The van der Waals surface area contributed by atoms with Crippen molar-refractivity contribution in [1.82, 2.24) is 15.2 Å². The summed E-state index contributed by atoms with van der Waals surface area (Å²) >= 11 is 1.37. The number of halogens is 2. The Balaban J connectivity index is 1.98. The summed E-state index contributed by atoms with van der Waals surface area (Å²) in [5.74, 6) is -1.60. The van der Waals surface area contributed by atoms with E-state index in [0.717, 1.165) is 11.8 Å². The highest BCUT2D eigenvalue weighted by Crippen LogP contribution is 2.44. The molecule has 0 N–H and O–H groups in total. The van der Waals surface area contributed by atoms with Crippen molar-refractivity contribution in [2.45, 2.75) is 31.7 Å². The minimum atomic E-state index is -1.26. The summed E-state index contributed by atoms with van der Waals surface area (Å²) in [5, 5.41) is 8.78. The van der Waals surface area contributed by atoms with Crippen molar-refractivity contribution in [2.24, 2.45) is 0 Å². The Morgan fingerprint density at radius 1 is 1.13 bits per heavy atom. The van der Waals surface area contributed by atoms with Gasteiger partial charge in [-0.05, 0) is 17.9 Å². The molecule has 0 saturated heterocycles. The summed E-state index contributed by atoms with van der Waals surface area (Å²) < 4.78 is 34.8. The predicted octanol–water partition coefficient (Wildman–Crippen LogP) is 4.76. The molecule has 1 amide bonds. The second-order valence-corrected chi connectivity index (χ2v) is 7.66. The van der Waals surface area contributed by atoms with E-state index in [1.807, 2.05) is 6.92 Å². The maximum Gasteiger partial charge on any atom is 0.247 e. The van der Waals surface area contributed by atoms with Crippen molar-refractivity contribution in [3.63, 3.8) is 0 Å². The first kappa shape index (κ1) is 20.2. The number of amides is 1. The van der Waals surface area contributed by atoms with E-state index in [4.69, 9.17) is 4.74 Å². The first-order valence-electron chi connectivity index (χ1n) is 9.44. The monoisotopic (exact) mass is 428 g/mol. The summed E-state index contributed by atoms with van der Waals surface area (Å²) in [5.41, 5.74) is 1.26. The molecule has 0 spiro atoms. The van der Waals surface area contributed by atoms with Gasteiger partial charge >= 0.3 is 0 Å². The zero-order valence-electron chi connectivity index (χ0n) is 16.3. The largest absolute Gasteiger partial charge is 0.447 e. The van der Waals surface area contributed by atoms with Gasteiger partial charge in [-0.2, -0.15) is 4.98 Å². The maximum absolute atomic E-state index is 14.8. The minimum Gasteiger partial charge on any atom is -0.447 e. The Kier molecular flexibility index (Phi) is 5.63. The van der Waals surface area contributed by atoms with Gasteiger partial charge in [0.1, 0.15) is 0 Å². The standard InChI is InChI=1S/C21H18F2N4O2S/c1-3-16(28)27-15-11-6-5-8-12(15)18-19(24-21(26-25-18)30-4-2)29-20(27)13-9-7-10-14(22)17(13)23/h5-11,20H,3-4H2,1-2H3. The lowest BCUT2D eigenvalue weighted by Crippen LogP contribution is -2.37. The number of benzene rings is 2. The molecule has 154 valence electrons. The Bertz CT molecular complexity index is 1110. The number of fused-ring (bicyclic) bond motifs is 3. The van der Waals surface area contributed by atoms with Crippen molar-refractivity contribution in [2.75, 3.05) is 10.7 Å². The van der Waals surface area contributed by atoms with Gasteiger partial charge in [0.15, 0.2) is 17.3 Å². The first-order valence-corrected chi connectivity index (χ1v) is 10.4. The van der Waals surface area contributed by atoms with Crippen LogP contribution in [-0.2, 0) is 4.79 Å². The van der Waals surface area contributed by atoms with Gasteiger partial charge in [0.2, 0.25) is 23.2 Å². The third-order valence-electron chi connectivity index (χ3n) is 4.60. The van der Waals surface area contributed by atoms with E-state index < -0.39 is 17.9 Å². The number of carbonyl (C=O) groups is 1. The molecule has 2 aromatic carbocycles.